The highest BCUT2D eigenvalue weighted by atomic mass is 79.9. The van der Waals surface area contributed by atoms with Crippen LogP contribution in [0.4, 0.5) is 0 Å². The molecule has 1 heterocycles. The summed E-state index contributed by atoms with van der Waals surface area (Å²) in [6.45, 7) is 0. The van der Waals surface area contributed by atoms with Gasteiger partial charge in [0.05, 0.1) is 27.5 Å². The topological polar surface area (TPSA) is 82.3 Å². The molecule has 0 atom stereocenters. The lowest BCUT2D eigenvalue weighted by Gasteiger charge is -2.13. The number of amides is 1. The summed E-state index contributed by atoms with van der Waals surface area (Å²) in [5.74, 6) is 1.26. The molecule has 1 aromatic heterocycles. The van der Waals surface area contributed by atoms with E-state index in [1.807, 2.05) is 0 Å². The van der Waals surface area contributed by atoms with Gasteiger partial charge >= 0.3 is 0 Å². The number of carbonyl (C=O) groups excluding carboxylic acids is 1. The number of hydrogen-bond donors (Lipinski definition) is 1. The molecule has 1 N–H and O–H groups in total. The third-order valence-electron chi connectivity index (χ3n) is 2.88. The number of methoxy groups -OCH3 is 3. The molecule has 0 aliphatic heterocycles. The Bertz CT molecular complexity index is 701. The molecule has 122 valence electrons. The lowest BCUT2D eigenvalue weighted by Crippen LogP contribution is -2.18. The van der Waals surface area contributed by atoms with Gasteiger partial charge in [-0.1, -0.05) is 0 Å². The Labute approximate surface area is 141 Å². The zero-order chi connectivity index (χ0) is 16.8. The van der Waals surface area contributed by atoms with Crippen molar-refractivity contribution in [3.05, 3.63) is 40.3 Å². The molecule has 0 fully saturated rings. The molecule has 0 unspecified atom stereocenters. The summed E-state index contributed by atoms with van der Waals surface area (Å²) in [6, 6.07) is 6.51. The molecule has 1 aromatic carbocycles. The Balaban J connectivity index is 2.17. The standard InChI is InChI=1S/C15H15BrN2O5/c1-20-11-6-9(7-12(21-2)14(11)22-3)15(19)18-17-8-10-4-5-13(16)23-10/h4-8H,1-3H3,(H,18,19)/b17-8+. The minimum Gasteiger partial charge on any atom is -0.493 e. The Kier molecular flexibility index (Phi) is 5.64. The second-order valence-corrected chi connectivity index (χ2v) is 5.04. The van der Waals surface area contributed by atoms with Crippen molar-refractivity contribution in [3.63, 3.8) is 0 Å². The Morgan fingerprint density at radius 3 is 2.30 bits per heavy atom. The van der Waals surface area contributed by atoms with Gasteiger partial charge < -0.3 is 18.6 Å². The normalized spacial score (nSPS) is 10.6. The van der Waals surface area contributed by atoms with Crippen LogP contribution in [0, 0.1) is 0 Å². The van der Waals surface area contributed by atoms with Crippen molar-refractivity contribution in [2.45, 2.75) is 0 Å². The first kappa shape index (κ1) is 16.9. The maximum absolute atomic E-state index is 12.2. The number of nitrogens with zero attached hydrogens (tertiary/aromatic N) is 1. The molecule has 23 heavy (non-hydrogen) atoms. The third kappa shape index (κ3) is 4.04. The van der Waals surface area contributed by atoms with Crippen LogP contribution in [0.1, 0.15) is 16.1 Å². The molecule has 0 bridgehead atoms. The van der Waals surface area contributed by atoms with E-state index >= 15 is 0 Å². The van der Waals surface area contributed by atoms with Crippen LogP contribution in [-0.2, 0) is 0 Å². The number of furan rings is 1. The SMILES string of the molecule is COc1cc(C(=O)N/N=C/c2ccc(Br)o2)cc(OC)c1OC. The van der Waals surface area contributed by atoms with Gasteiger partial charge in [0.2, 0.25) is 5.75 Å². The minimum atomic E-state index is -0.425. The summed E-state index contributed by atoms with van der Waals surface area (Å²) < 4.78 is 21.4. The van der Waals surface area contributed by atoms with E-state index in [1.54, 1.807) is 12.1 Å². The van der Waals surface area contributed by atoms with E-state index in [2.05, 4.69) is 26.5 Å². The summed E-state index contributed by atoms with van der Waals surface area (Å²) in [5, 5.41) is 3.83. The number of nitrogens with one attached hydrogen (secondary N) is 1. The summed E-state index contributed by atoms with van der Waals surface area (Å²) in [7, 11) is 4.45. The number of benzene rings is 1. The van der Waals surface area contributed by atoms with Gasteiger partial charge in [0.1, 0.15) is 5.76 Å². The molecular formula is C15H15BrN2O5. The van der Waals surface area contributed by atoms with Crippen molar-refractivity contribution in [2.75, 3.05) is 21.3 Å². The van der Waals surface area contributed by atoms with Crippen molar-refractivity contribution in [1.29, 1.82) is 0 Å². The lowest BCUT2D eigenvalue weighted by molar-refractivity contribution is 0.0954. The number of hydrazone groups is 1. The Hall–Kier alpha value is -2.48. The fourth-order valence-electron chi connectivity index (χ4n) is 1.83. The third-order valence-corrected chi connectivity index (χ3v) is 3.30. The molecule has 0 radical (unpaired) electrons. The van der Waals surface area contributed by atoms with Crippen LogP contribution in [-0.4, -0.2) is 33.5 Å². The smallest absolute Gasteiger partial charge is 0.271 e. The Morgan fingerprint density at radius 2 is 1.83 bits per heavy atom. The van der Waals surface area contributed by atoms with E-state index in [0.717, 1.165) is 0 Å². The van der Waals surface area contributed by atoms with Crippen molar-refractivity contribution in [3.8, 4) is 17.2 Å². The highest BCUT2D eigenvalue weighted by molar-refractivity contribution is 9.10. The van der Waals surface area contributed by atoms with E-state index < -0.39 is 5.91 Å². The van der Waals surface area contributed by atoms with Crippen LogP contribution in [0.25, 0.3) is 0 Å². The van der Waals surface area contributed by atoms with Crippen molar-refractivity contribution >= 4 is 28.1 Å². The summed E-state index contributed by atoms with van der Waals surface area (Å²) in [4.78, 5) is 12.2. The molecule has 8 heteroatoms. The Morgan fingerprint density at radius 1 is 1.17 bits per heavy atom. The van der Waals surface area contributed by atoms with E-state index in [4.69, 9.17) is 18.6 Å². The van der Waals surface area contributed by atoms with Gasteiger partial charge in [-0.05, 0) is 40.2 Å². The monoisotopic (exact) mass is 382 g/mol. The molecule has 2 aromatic rings. The first-order valence-corrected chi connectivity index (χ1v) is 7.27. The highest BCUT2D eigenvalue weighted by Crippen LogP contribution is 2.38. The van der Waals surface area contributed by atoms with Crippen LogP contribution in [0.3, 0.4) is 0 Å². The van der Waals surface area contributed by atoms with Crippen LogP contribution >= 0.6 is 15.9 Å². The average Bonchev–Trinajstić information content (AvgIpc) is 2.98. The summed E-state index contributed by atoms with van der Waals surface area (Å²) >= 11 is 3.18. The van der Waals surface area contributed by atoms with E-state index in [0.29, 0.717) is 33.2 Å². The van der Waals surface area contributed by atoms with Crippen molar-refractivity contribution in [2.24, 2.45) is 5.10 Å². The minimum absolute atomic E-state index is 0.317. The number of ether oxygens (including phenoxy) is 3. The molecule has 0 aliphatic carbocycles. The van der Waals surface area contributed by atoms with Gasteiger partial charge in [-0.3, -0.25) is 4.79 Å². The number of hydrogen-bond acceptors (Lipinski definition) is 6. The maximum atomic E-state index is 12.2. The van der Waals surface area contributed by atoms with Crippen molar-refractivity contribution in [1.82, 2.24) is 5.43 Å². The second-order valence-electron chi connectivity index (χ2n) is 4.26. The van der Waals surface area contributed by atoms with Crippen LogP contribution < -0.4 is 19.6 Å². The van der Waals surface area contributed by atoms with E-state index in [9.17, 15) is 4.79 Å². The molecule has 1 amide bonds. The van der Waals surface area contributed by atoms with Gasteiger partial charge in [0.15, 0.2) is 16.2 Å². The first-order valence-electron chi connectivity index (χ1n) is 6.47. The first-order chi connectivity index (χ1) is 11.1. The molecular weight excluding hydrogens is 368 g/mol. The van der Waals surface area contributed by atoms with Gasteiger partial charge in [0.25, 0.3) is 5.91 Å². The number of rotatable bonds is 6. The van der Waals surface area contributed by atoms with Gasteiger partial charge in [-0.15, -0.1) is 0 Å². The predicted octanol–water partition coefficient (Wildman–Crippen LogP) is 2.83. The van der Waals surface area contributed by atoms with Crippen LogP contribution in [0.2, 0.25) is 0 Å². The molecule has 7 nitrogen and oxygen atoms in total. The van der Waals surface area contributed by atoms with Crippen molar-refractivity contribution < 1.29 is 23.4 Å². The zero-order valence-electron chi connectivity index (χ0n) is 12.8. The van der Waals surface area contributed by atoms with Crippen LogP contribution in [0.5, 0.6) is 17.2 Å². The number of carbonyl (C=O) groups is 1. The summed E-state index contributed by atoms with van der Waals surface area (Å²) in [5.41, 5.74) is 2.72. The maximum Gasteiger partial charge on any atom is 0.271 e. The summed E-state index contributed by atoms with van der Waals surface area (Å²) in [6.07, 6.45) is 1.39. The van der Waals surface area contributed by atoms with Gasteiger partial charge in [0, 0.05) is 5.56 Å². The fraction of sp³-hybridized carbons (Fsp3) is 0.200. The molecule has 0 aliphatic rings. The second kappa shape index (κ2) is 7.68. The van der Waals surface area contributed by atoms with Gasteiger partial charge in [-0.2, -0.15) is 5.10 Å². The fourth-order valence-corrected chi connectivity index (χ4v) is 2.15. The quantitative estimate of drug-likeness (QED) is 0.613. The molecule has 2 rings (SSSR count). The van der Waals surface area contributed by atoms with Gasteiger partial charge in [-0.25, -0.2) is 5.43 Å². The molecule has 0 saturated heterocycles. The number of halogens is 1. The van der Waals surface area contributed by atoms with E-state index in [-0.39, 0.29) is 0 Å². The zero-order valence-corrected chi connectivity index (χ0v) is 14.3. The average molecular weight is 383 g/mol. The largest absolute Gasteiger partial charge is 0.493 e. The molecule has 0 spiro atoms. The van der Waals surface area contributed by atoms with Crippen LogP contribution in [0.15, 0.2) is 38.5 Å². The lowest BCUT2D eigenvalue weighted by atomic mass is 10.1. The highest BCUT2D eigenvalue weighted by Gasteiger charge is 2.16. The van der Waals surface area contributed by atoms with E-state index in [1.165, 1.54) is 39.7 Å². The predicted molar refractivity (Wildman–Crippen MR) is 87.6 cm³/mol. The molecule has 0 saturated carbocycles.